The Morgan fingerprint density at radius 1 is 1.31 bits per heavy atom. The molecular weight excluding hydrogens is 413 g/mol. The van der Waals surface area contributed by atoms with E-state index in [9.17, 15) is 26.7 Å². The largest absolute Gasteiger partial charge is 0.457 e. The minimum atomic E-state index is -4.04. The average molecular weight is 428 g/mol. The van der Waals surface area contributed by atoms with Crippen LogP contribution in [0.4, 0.5) is 18.9 Å². The molecule has 29 heavy (non-hydrogen) atoms. The molecule has 1 atom stereocenters. The van der Waals surface area contributed by atoms with E-state index in [1.54, 1.807) is 6.07 Å². The van der Waals surface area contributed by atoms with Gasteiger partial charge in [-0.1, -0.05) is 0 Å². The van der Waals surface area contributed by atoms with Gasteiger partial charge in [0.15, 0.2) is 0 Å². The zero-order valence-corrected chi connectivity index (χ0v) is 15.5. The van der Waals surface area contributed by atoms with Crippen LogP contribution in [0.15, 0.2) is 30.3 Å². The Balaban J connectivity index is 2.06. The van der Waals surface area contributed by atoms with Gasteiger partial charge in [0.1, 0.15) is 23.4 Å². The Kier molecular flexibility index (Phi) is 5.44. The molecule has 0 amide bonds. The maximum Gasteiger partial charge on any atom is 0.281 e. The Bertz CT molecular complexity index is 1100. The number of nitriles is 1. The number of halogens is 3. The molecule has 0 saturated heterocycles. The molecule has 11 heteroatoms. The van der Waals surface area contributed by atoms with Crippen molar-refractivity contribution in [1.29, 1.82) is 5.26 Å². The third-order valence-electron chi connectivity index (χ3n) is 4.25. The van der Waals surface area contributed by atoms with Gasteiger partial charge >= 0.3 is 0 Å². The van der Waals surface area contributed by atoms with Crippen molar-refractivity contribution in [3.63, 3.8) is 0 Å². The Morgan fingerprint density at radius 2 is 2.03 bits per heavy atom. The summed E-state index contributed by atoms with van der Waals surface area (Å²) in [6.45, 7) is -0.682. The predicted octanol–water partition coefficient (Wildman–Crippen LogP) is 2.45. The van der Waals surface area contributed by atoms with E-state index in [-0.39, 0.29) is 33.9 Å². The van der Waals surface area contributed by atoms with Gasteiger partial charge in [0.2, 0.25) is 10.0 Å². The number of aliphatic hydroxyl groups is 2. The van der Waals surface area contributed by atoms with Gasteiger partial charge in [0.25, 0.3) is 5.92 Å². The van der Waals surface area contributed by atoms with Crippen LogP contribution in [0.5, 0.6) is 11.5 Å². The summed E-state index contributed by atoms with van der Waals surface area (Å²) >= 11 is 0. The number of hydrogen-bond acceptors (Lipinski definition) is 6. The number of benzene rings is 2. The molecule has 0 heterocycles. The molecule has 1 unspecified atom stereocenters. The van der Waals surface area contributed by atoms with Crippen molar-refractivity contribution in [1.82, 2.24) is 0 Å². The van der Waals surface area contributed by atoms with Gasteiger partial charge in [-0.25, -0.2) is 21.6 Å². The number of nitrogens with one attached hydrogen (secondary N) is 1. The van der Waals surface area contributed by atoms with E-state index in [0.717, 1.165) is 18.2 Å². The summed E-state index contributed by atoms with van der Waals surface area (Å²) in [4.78, 5) is 0. The second kappa shape index (κ2) is 7.55. The first-order chi connectivity index (χ1) is 13.6. The molecule has 0 fully saturated rings. The molecule has 0 aromatic heterocycles. The minimum absolute atomic E-state index is 0.0459. The normalized spacial score (nSPS) is 17.4. The van der Waals surface area contributed by atoms with Crippen molar-refractivity contribution >= 4 is 15.7 Å². The molecule has 3 N–H and O–H groups in total. The number of anilines is 1. The summed E-state index contributed by atoms with van der Waals surface area (Å²) in [6.07, 6.45) is -3.23. The smallest absolute Gasteiger partial charge is 0.281 e. The molecule has 2 aromatic rings. The number of nitrogens with zero attached hydrogens (tertiary/aromatic N) is 1. The Labute approximate surface area is 164 Å². The van der Waals surface area contributed by atoms with Crippen LogP contribution in [0, 0.1) is 17.1 Å². The van der Waals surface area contributed by atoms with Gasteiger partial charge in [-0.15, -0.1) is 0 Å². The molecule has 1 aliphatic rings. The fourth-order valence-electron chi connectivity index (χ4n) is 3.02. The lowest BCUT2D eigenvalue weighted by Gasteiger charge is -2.17. The number of rotatable bonds is 6. The first-order valence-corrected chi connectivity index (χ1v) is 9.93. The van der Waals surface area contributed by atoms with Crippen molar-refractivity contribution in [2.24, 2.45) is 0 Å². The number of ether oxygens (including phenoxy) is 1. The third kappa shape index (κ3) is 4.29. The van der Waals surface area contributed by atoms with Crippen molar-refractivity contribution in [2.45, 2.75) is 18.4 Å². The van der Waals surface area contributed by atoms with Crippen LogP contribution in [0.1, 0.15) is 22.8 Å². The van der Waals surface area contributed by atoms with Crippen LogP contribution in [0.2, 0.25) is 0 Å². The summed E-state index contributed by atoms with van der Waals surface area (Å²) in [5, 5.41) is 27.8. The molecule has 154 valence electrons. The fourth-order valence-corrected chi connectivity index (χ4v) is 3.87. The van der Waals surface area contributed by atoms with E-state index in [1.165, 1.54) is 12.1 Å². The van der Waals surface area contributed by atoms with Crippen molar-refractivity contribution in [3.8, 4) is 17.6 Å². The van der Waals surface area contributed by atoms with E-state index in [0.29, 0.717) is 0 Å². The average Bonchev–Trinajstić information content (AvgIpc) is 2.86. The quantitative estimate of drug-likeness (QED) is 0.650. The number of fused-ring (bicyclic) bond motifs is 1. The minimum Gasteiger partial charge on any atom is -0.457 e. The van der Waals surface area contributed by atoms with Gasteiger partial charge in [-0.05, 0) is 24.3 Å². The summed E-state index contributed by atoms with van der Waals surface area (Å²) in [5.74, 6) is -5.28. The van der Waals surface area contributed by atoms with Crippen LogP contribution in [0.25, 0.3) is 0 Å². The Morgan fingerprint density at radius 3 is 2.69 bits per heavy atom. The molecule has 7 nitrogen and oxygen atoms in total. The molecular formula is C18H15F3N2O5S. The molecule has 2 aromatic carbocycles. The summed E-state index contributed by atoms with van der Waals surface area (Å²) in [6, 6.07) is 7.18. The molecule has 0 spiro atoms. The van der Waals surface area contributed by atoms with Crippen molar-refractivity contribution in [2.75, 3.05) is 17.1 Å². The first-order valence-electron chi connectivity index (χ1n) is 8.28. The molecule has 0 saturated carbocycles. The summed E-state index contributed by atoms with van der Waals surface area (Å²) in [7, 11) is -4.04. The maximum atomic E-state index is 14.2. The molecule has 1 aliphatic carbocycles. The first kappa shape index (κ1) is 20.9. The van der Waals surface area contributed by atoms with E-state index in [2.05, 4.69) is 4.72 Å². The lowest BCUT2D eigenvalue weighted by molar-refractivity contribution is -0.0966. The maximum absolute atomic E-state index is 14.2. The molecule has 3 rings (SSSR count). The van der Waals surface area contributed by atoms with E-state index in [4.69, 9.17) is 15.1 Å². The monoisotopic (exact) mass is 428 g/mol. The SMILES string of the molecule is N#Cc1cc(F)cc(Oc2ccc(NS(=O)(=O)CCO)c3c2CC(F)(F)C3O)c1. The van der Waals surface area contributed by atoms with Crippen LogP contribution >= 0.6 is 0 Å². The predicted molar refractivity (Wildman–Crippen MR) is 95.7 cm³/mol. The van der Waals surface area contributed by atoms with Crippen LogP contribution in [-0.4, -0.2) is 36.9 Å². The number of alkyl halides is 2. The standard InChI is InChI=1S/C18H15F3N2O5S/c19-11-5-10(9-22)6-12(7-11)28-15-2-1-14(23-29(26,27)4-3-24)16-13(15)8-18(20,21)17(16)25/h1-2,5-7,17,23-25H,3-4,8H2. The van der Waals surface area contributed by atoms with E-state index in [1.807, 2.05) is 0 Å². The molecule has 0 bridgehead atoms. The number of aliphatic hydroxyl groups excluding tert-OH is 2. The highest BCUT2D eigenvalue weighted by molar-refractivity contribution is 7.92. The van der Waals surface area contributed by atoms with E-state index >= 15 is 0 Å². The highest BCUT2D eigenvalue weighted by Gasteiger charge is 2.49. The second-order valence-corrected chi connectivity index (χ2v) is 8.22. The van der Waals surface area contributed by atoms with Crippen molar-refractivity contribution in [3.05, 3.63) is 52.8 Å². The van der Waals surface area contributed by atoms with Gasteiger partial charge in [-0.3, -0.25) is 4.72 Å². The van der Waals surface area contributed by atoms with E-state index < -0.39 is 46.6 Å². The van der Waals surface area contributed by atoms with Crippen LogP contribution in [-0.2, 0) is 16.4 Å². The molecule has 0 aliphatic heterocycles. The Hall–Kier alpha value is -2.81. The van der Waals surface area contributed by atoms with Crippen molar-refractivity contribution < 1.29 is 36.5 Å². The highest BCUT2D eigenvalue weighted by Crippen LogP contribution is 2.50. The number of hydrogen-bond donors (Lipinski definition) is 3. The zero-order chi connectivity index (χ0) is 21.4. The van der Waals surface area contributed by atoms with Gasteiger partial charge in [-0.2, -0.15) is 5.26 Å². The second-order valence-electron chi connectivity index (χ2n) is 6.38. The van der Waals surface area contributed by atoms with Gasteiger partial charge < -0.3 is 14.9 Å². The summed E-state index contributed by atoms with van der Waals surface area (Å²) in [5.41, 5.74) is -0.849. The summed E-state index contributed by atoms with van der Waals surface area (Å²) < 4.78 is 73.3. The van der Waals surface area contributed by atoms with Gasteiger partial charge in [0.05, 0.1) is 29.7 Å². The van der Waals surface area contributed by atoms with Gasteiger partial charge in [0, 0.05) is 23.6 Å². The van der Waals surface area contributed by atoms with Crippen LogP contribution in [0.3, 0.4) is 0 Å². The lowest BCUT2D eigenvalue weighted by Crippen LogP contribution is -2.23. The number of sulfonamides is 1. The molecule has 0 radical (unpaired) electrons. The van der Waals surface area contributed by atoms with Crippen LogP contribution < -0.4 is 9.46 Å². The topological polar surface area (TPSA) is 120 Å². The highest BCUT2D eigenvalue weighted by atomic mass is 32.2. The lowest BCUT2D eigenvalue weighted by atomic mass is 10.1. The zero-order valence-electron chi connectivity index (χ0n) is 14.7. The fraction of sp³-hybridized carbons (Fsp3) is 0.278. The third-order valence-corrected chi connectivity index (χ3v) is 5.50.